The summed E-state index contributed by atoms with van der Waals surface area (Å²) in [7, 11) is 1.70. The lowest BCUT2D eigenvalue weighted by Crippen LogP contribution is -2.25. The normalized spacial score (nSPS) is 18.3. The third kappa shape index (κ3) is 3.42. The van der Waals surface area contributed by atoms with Gasteiger partial charge < -0.3 is 10.5 Å². The molecule has 3 heteroatoms. The molecule has 21 heavy (non-hydrogen) atoms. The van der Waals surface area contributed by atoms with Crippen LogP contribution in [-0.2, 0) is 6.42 Å². The van der Waals surface area contributed by atoms with Crippen molar-refractivity contribution < 1.29 is 4.74 Å². The highest BCUT2D eigenvalue weighted by Crippen LogP contribution is 2.41. The van der Waals surface area contributed by atoms with Crippen LogP contribution in [0.4, 0.5) is 0 Å². The molecule has 2 aromatic rings. The molecule has 1 aliphatic heterocycles. The second-order valence-electron chi connectivity index (χ2n) is 5.60. The van der Waals surface area contributed by atoms with Crippen molar-refractivity contribution in [1.82, 2.24) is 0 Å². The Balaban J connectivity index is 1.63. The average Bonchev–Trinajstić information content (AvgIpc) is 2.91. The van der Waals surface area contributed by atoms with Crippen LogP contribution in [0.3, 0.4) is 0 Å². The first kappa shape index (κ1) is 14.5. The van der Waals surface area contributed by atoms with E-state index in [0.717, 1.165) is 24.3 Å². The molecule has 110 valence electrons. The zero-order valence-corrected chi connectivity index (χ0v) is 13.1. The SMILES string of the molecule is COc1cccc(CC(N)CC2CSc3ccccc32)c1. The maximum absolute atomic E-state index is 6.38. The van der Waals surface area contributed by atoms with Gasteiger partial charge in [-0.15, -0.1) is 11.8 Å². The van der Waals surface area contributed by atoms with Crippen LogP contribution in [-0.4, -0.2) is 18.9 Å². The molecule has 0 aliphatic carbocycles. The van der Waals surface area contributed by atoms with Gasteiger partial charge in [0.05, 0.1) is 7.11 Å². The molecule has 1 aliphatic rings. The van der Waals surface area contributed by atoms with E-state index in [2.05, 4.69) is 36.4 Å². The average molecular weight is 299 g/mol. The summed E-state index contributed by atoms with van der Waals surface area (Å²) >= 11 is 1.95. The van der Waals surface area contributed by atoms with E-state index in [9.17, 15) is 0 Å². The van der Waals surface area contributed by atoms with Crippen LogP contribution < -0.4 is 10.5 Å². The first-order valence-corrected chi connectivity index (χ1v) is 8.35. The van der Waals surface area contributed by atoms with Crippen LogP contribution in [0.1, 0.15) is 23.5 Å². The van der Waals surface area contributed by atoms with Gasteiger partial charge in [-0.2, -0.15) is 0 Å². The van der Waals surface area contributed by atoms with Crippen LogP contribution in [0, 0.1) is 0 Å². The predicted octanol–water partition coefficient (Wildman–Crippen LogP) is 3.84. The van der Waals surface area contributed by atoms with Crippen molar-refractivity contribution in [2.75, 3.05) is 12.9 Å². The van der Waals surface area contributed by atoms with Gasteiger partial charge in [0.2, 0.25) is 0 Å². The fraction of sp³-hybridized carbons (Fsp3) is 0.333. The van der Waals surface area contributed by atoms with Crippen molar-refractivity contribution in [2.45, 2.75) is 29.7 Å². The van der Waals surface area contributed by atoms with Gasteiger partial charge in [-0.3, -0.25) is 0 Å². The Hall–Kier alpha value is -1.45. The summed E-state index contributed by atoms with van der Waals surface area (Å²) in [6.07, 6.45) is 1.95. The lowest BCUT2D eigenvalue weighted by Gasteiger charge is -2.17. The number of benzene rings is 2. The van der Waals surface area contributed by atoms with Crippen LogP contribution in [0.2, 0.25) is 0 Å². The summed E-state index contributed by atoms with van der Waals surface area (Å²) in [4.78, 5) is 1.43. The Kier molecular flexibility index (Phi) is 4.51. The quantitative estimate of drug-likeness (QED) is 0.911. The van der Waals surface area contributed by atoms with Crippen molar-refractivity contribution in [1.29, 1.82) is 0 Å². The van der Waals surface area contributed by atoms with Gasteiger partial charge in [0, 0.05) is 16.7 Å². The van der Waals surface area contributed by atoms with Crippen molar-refractivity contribution in [3.8, 4) is 5.75 Å². The number of rotatable bonds is 5. The third-order valence-corrected chi connectivity index (χ3v) is 5.27. The van der Waals surface area contributed by atoms with Gasteiger partial charge in [0.1, 0.15) is 5.75 Å². The monoisotopic (exact) mass is 299 g/mol. The molecule has 3 rings (SSSR count). The van der Waals surface area contributed by atoms with Gasteiger partial charge in [-0.25, -0.2) is 0 Å². The number of thioether (sulfide) groups is 1. The maximum atomic E-state index is 6.38. The van der Waals surface area contributed by atoms with E-state index >= 15 is 0 Å². The summed E-state index contributed by atoms with van der Waals surface area (Å²) in [5.41, 5.74) is 9.11. The van der Waals surface area contributed by atoms with E-state index in [1.807, 2.05) is 23.9 Å². The summed E-state index contributed by atoms with van der Waals surface area (Å²) in [5.74, 6) is 2.65. The van der Waals surface area contributed by atoms with E-state index < -0.39 is 0 Å². The molecule has 2 aromatic carbocycles. The Labute approximate surface area is 130 Å². The van der Waals surface area contributed by atoms with E-state index in [0.29, 0.717) is 5.92 Å². The lowest BCUT2D eigenvalue weighted by atomic mass is 9.91. The molecule has 0 fully saturated rings. The van der Waals surface area contributed by atoms with Crippen LogP contribution >= 0.6 is 11.8 Å². The standard InChI is InChI=1S/C18H21NOS/c1-20-16-6-4-5-13(10-16)9-15(19)11-14-12-21-18-8-3-2-7-17(14)18/h2-8,10,14-15H,9,11-12,19H2,1H3. The van der Waals surface area contributed by atoms with Gasteiger partial charge in [0.25, 0.3) is 0 Å². The molecular weight excluding hydrogens is 278 g/mol. The summed E-state index contributed by atoms with van der Waals surface area (Å²) < 4.78 is 5.27. The van der Waals surface area contributed by atoms with Crippen molar-refractivity contribution in [3.05, 3.63) is 59.7 Å². The maximum Gasteiger partial charge on any atom is 0.119 e. The molecule has 1 heterocycles. The smallest absolute Gasteiger partial charge is 0.119 e. The second-order valence-corrected chi connectivity index (χ2v) is 6.66. The molecule has 2 N–H and O–H groups in total. The number of hydrogen-bond acceptors (Lipinski definition) is 3. The molecule has 2 unspecified atom stereocenters. The molecule has 0 saturated heterocycles. The minimum Gasteiger partial charge on any atom is -0.497 e. The Morgan fingerprint density at radius 3 is 2.95 bits per heavy atom. The van der Waals surface area contributed by atoms with E-state index in [4.69, 9.17) is 10.5 Å². The molecule has 2 atom stereocenters. The fourth-order valence-electron chi connectivity index (χ4n) is 2.98. The van der Waals surface area contributed by atoms with Crippen molar-refractivity contribution in [3.63, 3.8) is 0 Å². The predicted molar refractivity (Wildman–Crippen MR) is 89.2 cm³/mol. The number of fused-ring (bicyclic) bond motifs is 1. The molecule has 0 aromatic heterocycles. The fourth-order valence-corrected chi connectivity index (χ4v) is 4.25. The second kappa shape index (κ2) is 6.54. The number of hydrogen-bond donors (Lipinski definition) is 1. The van der Waals surface area contributed by atoms with E-state index in [-0.39, 0.29) is 6.04 Å². The van der Waals surface area contributed by atoms with Gasteiger partial charge in [-0.1, -0.05) is 30.3 Å². The topological polar surface area (TPSA) is 35.2 Å². The summed E-state index contributed by atoms with van der Waals surface area (Å²) in [6.45, 7) is 0. The van der Waals surface area contributed by atoms with Crippen molar-refractivity contribution in [2.24, 2.45) is 5.73 Å². The highest BCUT2D eigenvalue weighted by molar-refractivity contribution is 7.99. The Bertz CT molecular complexity index is 614. The van der Waals surface area contributed by atoms with Gasteiger partial charge in [0.15, 0.2) is 0 Å². The van der Waals surface area contributed by atoms with Crippen molar-refractivity contribution >= 4 is 11.8 Å². The first-order chi connectivity index (χ1) is 10.3. The van der Waals surface area contributed by atoms with Gasteiger partial charge in [-0.05, 0) is 48.1 Å². The molecule has 0 amide bonds. The number of ether oxygens (including phenoxy) is 1. The minimum absolute atomic E-state index is 0.189. The first-order valence-electron chi connectivity index (χ1n) is 7.36. The number of nitrogens with two attached hydrogens (primary N) is 1. The summed E-state index contributed by atoms with van der Waals surface area (Å²) in [5, 5.41) is 0. The van der Waals surface area contributed by atoms with E-state index in [1.165, 1.54) is 16.0 Å². The Morgan fingerprint density at radius 1 is 1.24 bits per heavy atom. The molecule has 2 nitrogen and oxygen atoms in total. The highest BCUT2D eigenvalue weighted by Gasteiger charge is 2.24. The number of methoxy groups -OCH3 is 1. The molecule has 0 spiro atoms. The zero-order chi connectivity index (χ0) is 14.7. The molecule has 0 radical (unpaired) electrons. The molecular formula is C18H21NOS. The lowest BCUT2D eigenvalue weighted by molar-refractivity contribution is 0.414. The van der Waals surface area contributed by atoms with Gasteiger partial charge >= 0.3 is 0 Å². The summed E-state index contributed by atoms with van der Waals surface area (Å²) in [6, 6.07) is 17.1. The molecule has 0 bridgehead atoms. The van der Waals surface area contributed by atoms with Crippen LogP contribution in [0.15, 0.2) is 53.4 Å². The minimum atomic E-state index is 0.189. The van der Waals surface area contributed by atoms with Crippen LogP contribution in [0.5, 0.6) is 5.75 Å². The highest BCUT2D eigenvalue weighted by atomic mass is 32.2. The van der Waals surface area contributed by atoms with E-state index in [1.54, 1.807) is 7.11 Å². The zero-order valence-electron chi connectivity index (χ0n) is 12.3. The molecule has 0 saturated carbocycles. The van der Waals surface area contributed by atoms with Crippen LogP contribution in [0.25, 0.3) is 0 Å². The third-order valence-electron chi connectivity index (χ3n) is 4.02. The Morgan fingerprint density at radius 2 is 2.10 bits per heavy atom. The largest absolute Gasteiger partial charge is 0.497 e.